The van der Waals surface area contributed by atoms with Crippen molar-refractivity contribution in [2.24, 2.45) is 0 Å². The van der Waals surface area contributed by atoms with Gasteiger partial charge < -0.3 is 5.32 Å². The number of rotatable bonds is 6. The highest BCUT2D eigenvalue weighted by atomic mass is 14.9. The van der Waals surface area contributed by atoms with Gasteiger partial charge in [-0.05, 0) is 62.4 Å². The van der Waals surface area contributed by atoms with Crippen LogP contribution in [-0.2, 0) is 6.42 Å². The Morgan fingerprint density at radius 1 is 1.00 bits per heavy atom. The Kier molecular flexibility index (Phi) is 5.44. The molecule has 1 nitrogen and oxygen atoms in total. The first-order valence-electron chi connectivity index (χ1n) is 8.02. The lowest BCUT2D eigenvalue weighted by Gasteiger charge is -2.19. The van der Waals surface area contributed by atoms with E-state index in [1.165, 1.54) is 47.2 Å². The van der Waals surface area contributed by atoms with Crippen molar-refractivity contribution in [3.63, 3.8) is 0 Å². The Hall–Kier alpha value is -1.76. The van der Waals surface area contributed by atoms with Gasteiger partial charge >= 0.3 is 0 Å². The predicted octanol–water partition coefficient (Wildman–Crippen LogP) is 5.82. The van der Waals surface area contributed by atoms with Crippen LogP contribution in [0.1, 0.15) is 55.0 Å². The van der Waals surface area contributed by atoms with Crippen LogP contribution in [0.2, 0.25) is 0 Å². The highest BCUT2D eigenvalue weighted by Crippen LogP contribution is 2.23. The fraction of sp³-hybridized carbons (Fsp3) is 0.400. The second kappa shape index (κ2) is 7.31. The zero-order valence-electron chi connectivity index (χ0n) is 13.7. The zero-order valence-corrected chi connectivity index (χ0v) is 13.7. The van der Waals surface area contributed by atoms with Crippen molar-refractivity contribution in [2.45, 2.75) is 53.0 Å². The summed E-state index contributed by atoms with van der Waals surface area (Å²) in [5.74, 6) is 0. The van der Waals surface area contributed by atoms with Gasteiger partial charge in [-0.25, -0.2) is 0 Å². The van der Waals surface area contributed by atoms with Gasteiger partial charge in [0, 0.05) is 11.7 Å². The normalized spacial score (nSPS) is 12.2. The van der Waals surface area contributed by atoms with Crippen LogP contribution in [-0.4, -0.2) is 0 Å². The molecule has 2 aromatic carbocycles. The molecule has 0 spiro atoms. The van der Waals surface area contributed by atoms with Crippen LogP contribution in [0.4, 0.5) is 5.69 Å². The molecular weight excluding hydrogens is 254 g/mol. The Balaban J connectivity index is 2.05. The van der Waals surface area contributed by atoms with Crippen LogP contribution >= 0.6 is 0 Å². The molecule has 0 fully saturated rings. The molecule has 1 unspecified atom stereocenters. The van der Waals surface area contributed by atoms with E-state index in [1.807, 2.05) is 0 Å². The van der Waals surface area contributed by atoms with E-state index < -0.39 is 0 Å². The Morgan fingerprint density at radius 3 is 2.38 bits per heavy atom. The largest absolute Gasteiger partial charge is 0.379 e. The molecule has 1 heteroatoms. The van der Waals surface area contributed by atoms with Crippen molar-refractivity contribution in [1.82, 2.24) is 0 Å². The lowest BCUT2D eigenvalue weighted by molar-refractivity contribution is 0.795. The summed E-state index contributed by atoms with van der Waals surface area (Å²) in [7, 11) is 0. The van der Waals surface area contributed by atoms with E-state index in [9.17, 15) is 0 Å². The van der Waals surface area contributed by atoms with Crippen LogP contribution in [0, 0.1) is 13.8 Å². The van der Waals surface area contributed by atoms with E-state index in [1.54, 1.807) is 0 Å². The van der Waals surface area contributed by atoms with Crippen LogP contribution in [0.15, 0.2) is 42.5 Å². The molecule has 0 radical (unpaired) electrons. The second-order valence-electron chi connectivity index (χ2n) is 6.03. The molecule has 0 bridgehead atoms. The molecule has 1 atom stereocenters. The average molecular weight is 281 g/mol. The highest BCUT2D eigenvalue weighted by Gasteiger charge is 2.08. The molecule has 0 aliphatic carbocycles. The summed E-state index contributed by atoms with van der Waals surface area (Å²) in [6.45, 7) is 8.80. The van der Waals surface area contributed by atoms with Gasteiger partial charge in [-0.15, -0.1) is 0 Å². The van der Waals surface area contributed by atoms with Gasteiger partial charge in [0.05, 0.1) is 0 Å². The molecule has 0 aliphatic heterocycles. The van der Waals surface area contributed by atoms with Gasteiger partial charge in [0.2, 0.25) is 0 Å². The SMILES string of the molecule is CCCCc1ccc(NC(C)c2cc(C)ccc2C)cc1. The summed E-state index contributed by atoms with van der Waals surface area (Å²) in [5.41, 5.74) is 6.68. The highest BCUT2D eigenvalue weighted by molar-refractivity contribution is 5.48. The van der Waals surface area contributed by atoms with E-state index in [0.717, 1.165) is 0 Å². The minimum atomic E-state index is 0.325. The lowest BCUT2D eigenvalue weighted by Crippen LogP contribution is -2.08. The zero-order chi connectivity index (χ0) is 15.2. The topological polar surface area (TPSA) is 12.0 Å². The predicted molar refractivity (Wildman–Crippen MR) is 93.0 cm³/mol. The number of benzene rings is 2. The Morgan fingerprint density at radius 2 is 1.71 bits per heavy atom. The van der Waals surface area contributed by atoms with Crippen molar-refractivity contribution in [2.75, 3.05) is 5.32 Å². The molecule has 0 amide bonds. The average Bonchev–Trinajstić information content (AvgIpc) is 2.49. The summed E-state index contributed by atoms with van der Waals surface area (Å²) in [5, 5.41) is 3.61. The maximum Gasteiger partial charge on any atom is 0.0488 e. The number of hydrogen-bond acceptors (Lipinski definition) is 1. The number of anilines is 1. The van der Waals surface area contributed by atoms with E-state index in [0.29, 0.717) is 6.04 Å². The maximum atomic E-state index is 3.61. The van der Waals surface area contributed by atoms with Crippen molar-refractivity contribution < 1.29 is 0 Å². The lowest BCUT2D eigenvalue weighted by atomic mass is 9.99. The summed E-state index contributed by atoms with van der Waals surface area (Å²) in [6, 6.07) is 15.9. The fourth-order valence-electron chi connectivity index (χ4n) is 2.70. The molecular formula is C20H27N. The maximum absolute atomic E-state index is 3.61. The minimum Gasteiger partial charge on any atom is -0.379 e. The standard InChI is InChI=1S/C20H27N/c1-5-6-7-18-10-12-19(13-11-18)21-17(4)20-14-15(2)8-9-16(20)3/h8-14,17,21H,5-7H2,1-4H3. The molecule has 2 aromatic rings. The molecule has 112 valence electrons. The summed E-state index contributed by atoms with van der Waals surface area (Å²) in [6.07, 6.45) is 3.71. The van der Waals surface area contributed by atoms with Crippen molar-refractivity contribution in [3.05, 3.63) is 64.7 Å². The smallest absolute Gasteiger partial charge is 0.0488 e. The third-order valence-corrected chi connectivity index (χ3v) is 4.06. The van der Waals surface area contributed by atoms with Gasteiger partial charge in [-0.1, -0.05) is 49.2 Å². The summed E-state index contributed by atoms with van der Waals surface area (Å²) in [4.78, 5) is 0. The molecule has 0 heterocycles. The monoisotopic (exact) mass is 281 g/mol. The van der Waals surface area contributed by atoms with E-state index in [2.05, 4.69) is 75.5 Å². The number of aryl methyl sites for hydroxylation is 3. The molecule has 0 aliphatic rings. The van der Waals surface area contributed by atoms with Crippen LogP contribution in [0.5, 0.6) is 0 Å². The first-order chi connectivity index (χ1) is 10.1. The number of hydrogen-bond donors (Lipinski definition) is 1. The van der Waals surface area contributed by atoms with Gasteiger partial charge in [0.1, 0.15) is 0 Å². The van der Waals surface area contributed by atoms with Crippen molar-refractivity contribution >= 4 is 5.69 Å². The van der Waals surface area contributed by atoms with E-state index in [-0.39, 0.29) is 0 Å². The Bertz CT molecular complexity index is 569. The Labute approximate surface area is 129 Å². The van der Waals surface area contributed by atoms with Gasteiger partial charge in [-0.2, -0.15) is 0 Å². The first kappa shape index (κ1) is 15.6. The van der Waals surface area contributed by atoms with E-state index in [4.69, 9.17) is 0 Å². The van der Waals surface area contributed by atoms with Crippen molar-refractivity contribution in [3.8, 4) is 0 Å². The summed E-state index contributed by atoms with van der Waals surface area (Å²) < 4.78 is 0. The van der Waals surface area contributed by atoms with Gasteiger partial charge in [0.25, 0.3) is 0 Å². The van der Waals surface area contributed by atoms with Crippen LogP contribution in [0.25, 0.3) is 0 Å². The van der Waals surface area contributed by atoms with Gasteiger partial charge in [-0.3, -0.25) is 0 Å². The van der Waals surface area contributed by atoms with Crippen LogP contribution < -0.4 is 5.32 Å². The van der Waals surface area contributed by atoms with Gasteiger partial charge in [0.15, 0.2) is 0 Å². The molecule has 2 rings (SSSR count). The third-order valence-electron chi connectivity index (χ3n) is 4.06. The molecule has 0 saturated heterocycles. The molecule has 21 heavy (non-hydrogen) atoms. The minimum absolute atomic E-state index is 0.325. The number of nitrogens with one attached hydrogen (secondary N) is 1. The number of unbranched alkanes of at least 4 members (excludes halogenated alkanes) is 1. The first-order valence-corrected chi connectivity index (χ1v) is 8.02. The molecule has 1 N–H and O–H groups in total. The van der Waals surface area contributed by atoms with Crippen LogP contribution in [0.3, 0.4) is 0 Å². The molecule has 0 aromatic heterocycles. The van der Waals surface area contributed by atoms with E-state index >= 15 is 0 Å². The second-order valence-corrected chi connectivity index (χ2v) is 6.03. The molecule has 0 saturated carbocycles. The fourth-order valence-corrected chi connectivity index (χ4v) is 2.70. The third kappa shape index (κ3) is 4.35. The summed E-state index contributed by atoms with van der Waals surface area (Å²) >= 11 is 0. The quantitative estimate of drug-likeness (QED) is 0.703. The van der Waals surface area contributed by atoms with Crippen molar-refractivity contribution in [1.29, 1.82) is 0 Å².